The summed E-state index contributed by atoms with van der Waals surface area (Å²) in [5.41, 5.74) is 0. The second kappa shape index (κ2) is 2.34. The molecule has 1 fully saturated rings. The number of hydrogen-bond donors (Lipinski definition) is 0. The Morgan fingerprint density at radius 1 is 1.29 bits per heavy atom. The van der Waals surface area contributed by atoms with E-state index in [-0.39, 0.29) is 0 Å². The van der Waals surface area contributed by atoms with Crippen molar-refractivity contribution in [2.45, 2.75) is 32.1 Å². The van der Waals surface area contributed by atoms with E-state index in [1.54, 1.807) is 0 Å². The highest BCUT2D eigenvalue weighted by Gasteiger charge is 2.11. The average molecular weight is 95.2 g/mol. The van der Waals surface area contributed by atoms with E-state index in [1.807, 2.05) is 0 Å². The molecule has 0 heteroatoms. The molecule has 0 unspecified atom stereocenters. The van der Waals surface area contributed by atoms with Crippen LogP contribution in [-0.4, -0.2) is 0 Å². The molecule has 0 amide bonds. The first-order valence-corrected chi connectivity index (χ1v) is 3.08. The second-order valence-corrected chi connectivity index (χ2v) is 2.35. The zero-order valence-corrected chi connectivity index (χ0v) is 4.61. The number of rotatable bonds is 1. The maximum atomic E-state index is 7.00. The molecule has 0 nitrogen and oxygen atoms in total. The Labute approximate surface area is 45.9 Å². The van der Waals surface area contributed by atoms with Crippen molar-refractivity contribution in [2.75, 3.05) is 0 Å². The van der Waals surface area contributed by atoms with Crippen LogP contribution in [0.15, 0.2) is 0 Å². The van der Waals surface area contributed by atoms with Gasteiger partial charge in [0.1, 0.15) is 0 Å². The minimum Gasteiger partial charge on any atom is -0.0530 e. The highest BCUT2D eigenvalue weighted by Crippen LogP contribution is 2.26. The van der Waals surface area contributed by atoms with Gasteiger partial charge in [-0.3, -0.25) is 0 Å². The SMILES string of the molecule is [C]CC1CCCC1. The van der Waals surface area contributed by atoms with E-state index < -0.39 is 0 Å². The lowest BCUT2D eigenvalue weighted by molar-refractivity contribution is 0.556. The molecule has 0 bridgehead atoms. The molecular weight excluding hydrogens is 84.1 g/mol. The lowest BCUT2D eigenvalue weighted by atomic mass is 10.1. The van der Waals surface area contributed by atoms with Crippen molar-refractivity contribution < 1.29 is 0 Å². The molecule has 0 saturated heterocycles. The van der Waals surface area contributed by atoms with Gasteiger partial charge in [-0.05, 0) is 19.3 Å². The molecule has 1 saturated carbocycles. The van der Waals surface area contributed by atoms with Gasteiger partial charge in [-0.25, -0.2) is 0 Å². The van der Waals surface area contributed by atoms with Crippen LogP contribution in [0.2, 0.25) is 0 Å². The summed E-state index contributed by atoms with van der Waals surface area (Å²) in [4.78, 5) is 0. The summed E-state index contributed by atoms with van der Waals surface area (Å²) in [7, 11) is 0. The molecule has 0 heterocycles. The van der Waals surface area contributed by atoms with E-state index in [9.17, 15) is 0 Å². The van der Waals surface area contributed by atoms with Crippen LogP contribution in [0, 0.1) is 12.8 Å². The molecule has 1 aliphatic rings. The zero-order valence-electron chi connectivity index (χ0n) is 4.61. The highest BCUT2D eigenvalue weighted by atomic mass is 14.2. The molecule has 0 aromatic rings. The van der Waals surface area contributed by atoms with Crippen molar-refractivity contribution in [3.8, 4) is 0 Å². The molecule has 1 aliphatic carbocycles. The third kappa shape index (κ3) is 1.19. The van der Waals surface area contributed by atoms with Crippen molar-refractivity contribution in [3.63, 3.8) is 0 Å². The van der Waals surface area contributed by atoms with Crippen LogP contribution < -0.4 is 0 Å². The smallest absolute Gasteiger partial charge is 0.00907 e. The molecule has 1 rings (SSSR count). The predicted molar refractivity (Wildman–Crippen MR) is 29.8 cm³/mol. The molecule has 7 heavy (non-hydrogen) atoms. The third-order valence-corrected chi connectivity index (χ3v) is 1.76. The van der Waals surface area contributed by atoms with Gasteiger partial charge in [0.25, 0.3) is 0 Å². The lowest BCUT2D eigenvalue weighted by Crippen LogP contribution is -1.86. The van der Waals surface area contributed by atoms with E-state index in [2.05, 4.69) is 0 Å². The Hall–Kier alpha value is 0. The van der Waals surface area contributed by atoms with Crippen LogP contribution in [0.3, 0.4) is 0 Å². The van der Waals surface area contributed by atoms with Gasteiger partial charge in [-0.1, -0.05) is 25.7 Å². The van der Waals surface area contributed by atoms with Gasteiger partial charge < -0.3 is 0 Å². The van der Waals surface area contributed by atoms with Crippen LogP contribution in [0.25, 0.3) is 0 Å². The maximum Gasteiger partial charge on any atom is -0.00907 e. The van der Waals surface area contributed by atoms with Crippen molar-refractivity contribution >= 4 is 0 Å². The average Bonchev–Trinajstić information content (AvgIpc) is 2.14. The summed E-state index contributed by atoms with van der Waals surface area (Å²) in [6, 6.07) is 0. The van der Waals surface area contributed by atoms with E-state index >= 15 is 0 Å². The summed E-state index contributed by atoms with van der Waals surface area (Å²) in [6.45, 7) is 7.00. The fourth-order valence-corrected chi connectivity index (χ4v) is 1.21. The molecule has 0 aromatic heterocycles. The van der Waals surface area contributed by atoms with Crippen LogP contribution in [0.1, 0.15) is 32.1 Å². The topological polar surface area (TPSA) is 0 Å². The zero-order chi connectivity index (χ0) is 5.11. The van der Waals surface area contributed by atoms with Crippen LogP contribution in [0.5, 0.6) is 0 Å². The van der Waals surface area contributed by atoms with Crippen LogP contribution in [-0.2, 0) is 0 Å². The molecule has 0 aliphatic heterocycles. The van der Waals surface area contributed by atoms with Crippen LogP contribution >= 0.6 is 0 Å². The standard InChI is InChI=1S/C7H11/c1-2-7-5-3-4-6-7/h7H,2-6H2. The Balaban J connectivity index is 2.14. The fraction of sp³-hybridized carbons (Fsp3) is 0.857. The Bertz CT molecular complexity index is 42.0. The van der Waals surface area contributed by atoms with Gasteiger partial charge in [0, 0.05) is 0 Å². The lowest BCUT2D eigenvalue weighted by Gasteiger charge is -1.99. The Morgan fingerprint density at radius 3 is 2.14 bits per heavy atom. The first-order chi connectivity index (χ1) is 3.43. The van der Waals surface area contributed by atoms with Gasteiger partial charge in [-0.15, -0.1) is 0 Å². The van der Waals surface area contributed by atoms with Gasteiger partial charge in [0.15, 0.2) is 0 Å². The minimum atomic E-state index is 0.667. The second-order valence-electron chi connectivity index (χ2n) is 2.35. The Kier molecular flexibility index (Phi) is 1.72. The number of hydrogen-bond acceptors (Lipinski definition) is 0. The Morgan fingerprint density at radius 2 is 1.86 bits per heavy atom. The maximum absolute atomic E-state index is 7.00. The summed E-state index contributed by atoms with van der Waals surface area (Å²) in [5.74, 6) is 0.764. The summed E-state index contributed by atoms with van der Waals surface area (Å²) in [6.07, 6.45) is 6.07. The van der Waals surface area contributed by atoms with E-state index in [4.69, 9.17) is 6.92 Å². The van der Waals surface area contributed by atoms with E-state index in [1.165, 1.54) is 25.7 Å². The van der Waals surface area contributed by atoms with Gasteiger partial charge in [0.05, 0.1) is 0 Å². The summed E-state index contributed by atoms with van der Waals surface area (Å²) >= 11 is 0. The van der Waals surface area contributed by atoms with Crippen molar-refractivity contribution in [2.24, 2.45) is 5.92 Å². The molecule has 39 valence electrons. The van der Waals surface area contributed by atoms with E-state index in [0.29, 0.717) is 6.42 Å². The molecule has 0 spiro atoms. The third-order valence-electron chi connectivity index (χ3n) is 1.76. The summed E-state index contributed by atoms with van der Waals surface area (Å²) in [5, 5.41) is 0. The normalized spacial score (nSPS) is 23.6. The first-order valence-electron chi connectivity index (χ1n) is 3.08. The summed E-state index contributed by atoms with van der Waals surface area (Å²) < 4.78 is 0. The molecule has 0 atom stereocenters. The molecule has 0 aromatic carbocycles. The first kappa shape index (κ1) is 5.14. The van der Waals surface area contributed by atoms with Gasteiger partial charge in [-0.2, -0.15) is 0 Å². The van der Waals surface area contributed by atoms with Crippen molar-refractivity contribution in [3.05, 3.63) is 6.92 Å². The van der Waals surface area contributed by atoms with E-state index in [0.717, 1.165) is 5.92 Å². The largest absolute Gasteiger partial charge is 0.0530 e. The predicted octanol–water partition coefficient (Wildman–Crippen LogP) is 2.15. The van der Waals surface area contributed by atoms with Crippen molar-refractivity contribution in [1.29, 1.82) is 0 Å². The molecular formula is C7H11. The van der Waals surface area contributed by atoms with Crippen molar-refractivity contribution in [1.82, 2.24) is 0 Å². The van der Waals surface area contributed by atoms with Gasteiger partial charge >= 0.3 is 0 Å². The molecule has 0 N–H and O–H groups in total. The van der Waals surface area contributed by atoms with Crippen LogP contribution in [0.4, 0.5) is 0 Å². The van der Waals surface area contributed by atoms with Gasteiger partial charge in [0.2, 0.25) is 0 Å². The molecule has 3 radical (unpaired) electrons. The quantitative estimate of drug-likeness (QED) is 0.468. The minimum absolute atomic E-state index is 0.667. The monoisotopic (exact) mass is 95.1 g/mol. The highest BCUT2D eigenvalue weighted by molar-refractivity contribution is 4.67. The fourth-order valence-electron chi connectivity index (χ4n) is 1.21.